The third kappa shape index (κ3) is 3.32. The third-order valence-electron chi connectivity index (χ3n) is 3.19. The van der Waals surface area contributed by atoms with E-state index in [0.29, 0.717) is 22.0 Å². The Morgan fingerprint density at radius 3 is 2.35 bits per heavy atom. The Hall–Kier alpha value is -1.53. The van der Waals surface area contributed by atoms with Gasteiger partial charge in [-0.25, -0.2) is 0 Å². The fraction of sp³-hybridized carbons (Fsp3) is 0.188. The van der Waals surface area contributed by atoms with Crippen molar-refractivity contribution in [2.75, 3.05) is 0 Å². The predicted octanol–water partition coefficient (Wildman–Crippen LogP) is 4.32. The first-order chi connectivity index (χ1) is 9.42. The van der Waals surface area contributed by atoms with Crippen molar-refractivity contribution in [3.63, 3.8) is 0 Å². The largest absolute Gasteiger partial charge is 0.385 e. The zero-order valence-electron chi connectivity index (χ0n) is 10.9. The molecule has 0 aliphatic carbocycles. The molecule has 1 atom stereocenters. The van der Waals surface area contributed by atoms with E-state index in [9.17, 15) is 5.11 Å². The Bertz CT molecular complexity index is 657. The first-order valence-electron chi connectivity index (χ1n) is 6.09. The molecular weight excluding hydrogens is 293 g/mol. The number of nitrogens with zero attached hydrogens (tertiary/aromatic N) is 1. The highest BCUT2D eigenvalue weighted by Gasteiger charge is 2.24. The molecule has 0 heterocycles. The lowest BCUT2D eigenvalue weighted by atomic mass is 9.88. The molecule has 0 aliphatic heterocycles. The molecular formula is C16H13Cl2NO. The quantitative estimate of drug-likeness (QED) is 0.918. The first kappa shape index (κ1) is 14.9. The van der Waals surface area contributed by atoms with Gasteiger partial charge in [-0.1, -0.05) is 41.4 Å². The van der Waals surface area contributed by atoms with Gasteiger partial charge in [-0.3, -0.25) is 0 Å². The van der Waals surface area contributed by atoms with Gasteiger partial charge in [-0.05, 0) is 42.3 Å². The molecule has 0 bridgehead atoms. The summed E-state index contributed by atoms with van der Waals surface area (Å²) < 4.78 is 0. The first-order valence-corrected chi connectivity index (χ1v) is 6.85. The summed E-state index contributed by atoms with van der Waals surface area (Å²) in [4.78, 5) is 0. The average Bonchev–Trinajstić information content (AvgIpc) is 2.42. The molecule has 0 spiro atoms. The van der Waals surface area contributed by atoms with Crippen molar-refractivity contribution >= 4 is 23.2 Å². The Morgan fingerprint density at radius 2 is 1.80 bits per heavy atom. The molecule has 0 saturated carbocycles. The van der Waals surface area contributed by atoms with E-state index in [1.165, 1.54) is 0 Å². The van der Waals surface area contributed by atoms with Crippen LogP contribution in [0.5, 0.6) is 0 Å². The number of rotatable bonds is 3. The van der Waals surface area contributed by atoms with Gasteiger partial charge in [0.05, 0.1) is 17.2 Å². The maximum Gasteiger partial charge on any atom is 0.0991 e. The van der Waals surface area contributed by atoms with Crippen LogP contribution in [-0.2, 0) is 12.0 Å². The predicted molar refractivity (Wildman–Crippen MR) is 80.9 cm³/mol. The van der Waals surface area contributed by atoms with Crippen molar-refractivity contribution in [3.8, 4) is 6.07 Å². The Balaban J connectivity index is 2.27. The second kappa shape index (κ2) is 5.85. The van der Waals surface area contributed by atoms with E-state index in [1.54, 1.807) is 43.3 Å². The minimum Gasteiger partial charge on any atom is -0.385 e. The molecule has 2 aromatic rings. The van der Waals surface area contributed by atoms with E-state index < -0.39 is 5.60 Å². The summed E-state index contributed by atoms with van der Waals surface area (Å²) in [5.74, 6) is 0. The molecule has 0 radical (unpaired) electrons. The van der Waals surface area contributed by atoms with Crippen LogP contribution in [0.4, 0.5) is 0 Å². The number of hydrogen-bond donors (Lipinski definition) is 1. The van der Waals surface area contributed by atoms with Crippen LogP contribution in [0.25, 0.3) is 0 Å². The molecule has 1 unspecified atom stereocenters. The normalized spacial score (nSPS) is 13.6. The lowest BCUT2D eigenvalue weighted by molar-refractivity contribution is 0.0576. The summed E-state index contributed by atoms with van der Waals surface area (Å²) in [6, 6.07) is 14.1. The standard InChI is InChI=1S/C16H13Cl2NO/c1-16(20,13-5-2-11(10-19)3-6-13)9-12-4-7-14(17)8-15(12)18/h2-8,20H,9H2,1H3. The fourth-order valence-electron chi connectivity index (χ4n) is 2.04. The summed E-state index contributed by atoms with van der Waals surface area (Å²) in [5.41, 5.74) is 1.06. The number of hydrogen-bond acceptors (Lipinski definition) is 2. The molecule has 2 nitrogen and oxygen atoms in total. The van der Waals surface area contributed by atoms with Gasteiger partial charge in [0.25, 0.3) is 0 Å². The highest BCUT2D eigenvalue weighted by Crippen LogP contribution is 2.30. The van der Waals surface area contributed by atoms with Gasteiger partial charge in [0, 0.05) is 16.5 Å². The van der Waals surface area contributed by atoms with Gasteiger partial charge >= 0.3 is 0 Å². The molecule has 0 amide bonds. The summed E-state index contributed by atoms with van der Waals surface area (Å²) in [5, 5.41) is 20.5. The van der Waals surface area contributed by atoms with Gasteiger partial charge in [-0.2, -0.15) is 5.26 Å². The molecule has 2 rings (SSSR count). The molecule has 0 fully saturated rings. The van der Waals surface area contributed by atoms with Crippen LogP contribution in [0.2, 0.25) is 10.0 Å². The van der Waals surface area contributed by atoms with Crippen LogP contribution >= 0.6 is 23.2 Å². The topological polar surface area (TPSA) is 44.0 Å². The molecule has 20 heavy (non-hydrogen) atoms. The monoisotopic (exact) mass is 305 g/mol. The van der Waals surface area contributed by atoms with E-state index in [1.807, 2.05) is 6.07 Å². The van der Waals surface area contributed by atoms with Crippen LogP contribution in [0.1, 0.15) is 23.6 Å². The van der Waals surface area contributed by atoms with Crippen LogP contribution in [0.15, 0.2) is 42.5 Å². The highest BCUT2D eigenvalue weighted by molar-refractivity contribution is 6.35. The molecule has 2 aromatic carbocycles. The van der Waals surface area contributed by atoms with Crippen LogP contribution in [0.3, 0.4) is 0 Å². The zero-order valence-corrected chi connectivity index (χ0v) is 12.4. The Labute approximate surface area is 128 Å². The van der Waals surface area contributed by atoms with Crippen molar-refractivity contribution < 1.29 is 5.11 Å². The highest BCUT2D eigenvalue weighted by atomic mass is 35.5. The molecule has 102 valence electrons. The third-order valence-corrected chi connectivity index (χ3v) is 3.77. The smallest absolute Gasteiger partial charge is 0.0991 e. The van der Waals surface area contributed by atoms with Gasteiger partial charge in [0.15, 0.2) is 0 Å². The van der Waals surface area contributed by atoms with Gasteiger partial charge in [0.2, 0.25) is 0 Å². The van der Waals surface area contributed by atoms with Crippen LogP contribution < -0.4 is 0 Å². The minimum absolute atomic E-state index is 0.370. The van der Waals surface area contributed by atoms with Crippen LogP contribution in [0, 0.1) is 11.3 Å². The zero-order chi connectivity index (χ0) is 14.8. The van der Waals surface area contributed by atoms with E-state index >= 15 is 0 Å². The van der Waals surface area contributed by atoms with E-state index in [-0.39, 0.29) is 0 Å². The summed E-state index contributed by atoms with van der Waals surface area (Å²) >= 11 is 12.0. The summed E-state index contributed by atoms with van der Waals surface area (Å²) in [6.45, 7) is 1.72. The maximum atomic E-state index is 10.6. The summed E-state index contributed by atoms with van der Waals surface area (Å²) in [7, 11) is 0. The van der Waals surface area contributed by atoms with Gasteiger partial charge < -0.3 is 5.11 Å². The summed E-state index contributed by atoms with van der Waals surface area (Å²) in [6.07, 6.45) is 0.370. The van der Waals surface area contributed by atoms with Crippen LogP contribution in [-0.4, -0.2) is 5.11 Å². The molecule has 4 heteroatoms. The molecule has 0 aliphatic rings. The fourth-order valence-corrected chi connectivity index (χ4v) is 2.52. The van der Waals surface area contributed by atoms with Crippen molar-refractivity contribution in [2.45, 2.75) is 18.9 Å². The Kier molecular flexibility index (Phi) is 4.35. The van der Waals surface area contributed by atoms with E-state index in [4.69, 9.17) is 28.5 Å². The number of benzene rings is 2. The molecule has 1 N–H and O–H groups in total. The van der Waals surface area contributed by atoms with Gasteiger partial charge in [-0.15, -0.1) is 0 Å². The minimum atomic E-state index is -1.06. The second-order valence-corrected chi connectivity index (χ2v) is 5.72. The molecule has 0 aromatic heterocycles. The van der Waals surface area contributed by atoms with Gasteiger partial charge in [0.1, 0.15) is 0 Å². The lowest BCUT2D eigenvalue weighted by Gasteiger charge is -2.24. The van der Waals surface area contributed by atoms with Crippen molar-refractivity contribution in [3.05, 3.63) is 69.2 Å². The maximum absolute atomic E-state index is 10.6. The Morgan fingerprint density at radius 1 is 1.15 bits per heavy atom. The number of aliphatic hydroxyl groups is 1. The van der Waals surface area contributed by atoms with Crippen molar-refractivity contribution in [2.24, 2.45) is 0 Å². The average molecular weight is 306 g/mol. The SMILES string of the molecule is CC(O)(Cc1ccc(Cl)cc1Cl)c1ccc(C#N)cc1. The number of halogens is 2. The lowest BCUT2D eigenvalue weighted by Crippen LogP contribution is -2.24. The van der Waals surface area contributed by atoms with E-state index in [0.717, 1.165) is 11.1 Å². The number of nitriles is 1. The second-order valence-electron chi connectivity index (χ2n) is 4.88. The molecule has 0 saturated heterocycles. The van der Waals surface area contributed by atoms with Crippen molar-refractivity contribution in [1.29, 1.82) is 5.26 Å². The van der Waals surface area contributed by atoms with E-state index in [2.05, 4.69) is 6.07 Å². The van der Waals surface area contributed by atoms with Crippen molar-refractivity contribution in [1.82, 2.24) is 0 Å².